The third-order valence-electron chi connectivity index (χ3n) is 6.56. The zero-order valence-electron chi connectivity index (χ0n) is 20.5. The lowest BCUT2D eigenvalue weighted by molar-refractivity contribution is 0.0593. The summed E-state index contributed by atoms with van der Waals surface area (Å²) in [6.45, 7) is 8.20. The van der Waals surface area contributed by atoms with Crippen LogP contribution in [-0.2, 0) is 13.2 Å². The Bertz CT molecular complexity index is 1340. The van der Waals surface area contributed by atoms with Gasteiger partial charge in [0, 0.05) is 44.0 Å². The molecule has 0 bridgehead atoms. The van der Waals surface area contributed by atoms with Crippen molar-refractivity contribution >= 4 is 21.8 Å². The lowest BCUT2D eigenvalue weighted by atomic mass is 10.1. The third kappa shape index (κ3) is 5.24. The number of piperazine rings is 1. The lowest BCUT2D eigenvalue weighted by Gasteiger charge is -2.34. The maximum Gasteiger partial charge on any atom is 0.289 e. The molecule has 0 saturated carbocycles. The molecule has 0 N–H and O–H groups in total. The number of hydrogen-bond acceptors (Lipinski definition) is 5. The number of nitrogens with zero attached hydrogens (tertiary/aromatic N) is 4. The van der Waals surface area contributed by atoms with Gasteiger partial charge in [-0.25, -0.2) is 4.68 Å². The number of para-hydroxylation sites is 2. The fourth-order valence-electron chi connectivity index (χ4n) is 4.49. The molecular formula is C28H29BrN4O3. The molecule has 1 saturated heterocycles. The van der Waals surface area contributed by atoms with Crippen LogP contribution >= 0.6 is 15.9 Å². The minimum Gasteiger partial charge on any atom is -0.484 e. The number of halogens is 1. The highest BCUT2D eigenvalue weighted by molar-refractivity contribution is 9.10. The van der Waals surface area contributed by atoms with Crippen LogP contribution < -0.4 is 4.74 Å². The van der Waals surface area contributed by atoms with Crippen molar-refractivity contribution in [1.29, 1.82) is 0 Å². The van der Waals surface area contributed by atoms with Gasteiger partial charge in [0.25, 0.3) is 5.91 Å². The van der Waals surface area contributed by atoms with Crippen LogP contribution in [0.3, 0.4) is 0 Å². The molecule has 36 heavy (non-hydrogen) atoms. The summed E-state index contributed by atoms with van der Waals surface area (Å²) in [6, 6.07) is 21.4. The Hall–Kier alpha value is -3.36. The van der Waals surface area contributed by atoms with Crippen LogP contribution in [0.15, 0.2) is 75.6 Å². The number of aromatic nitrogens is 2. The van der Waals surface area contributed by atoms with Crippen molar-refractivity contribution in [3.63, 3.8) is 0 Å². The molecule has 2 aromatic carbocycles. The van der Waals surface area contributed by atoms with Crippen molar-refractivity contribution in [3.05, 3.63) is 99.7 Å². The largest absolute Gasteiger partial charge is 0.484 e. The summed E-state index contributed by atoms with van der Waals surface area (Å²) in [5.41, 5.74) is 4.52. The van der Waals surface area contributed by atoms with Crippen molar-refractivity contribution < 1.29 is 13.9 Å². The molecule has 1 amide bonds. The van der Waals surface area contributed by atoms with Gasteiger partial charge >= 0.3 is 0 Å². The molecule has 0 radical (unpaired) electrons. The Morgan fingerprint density at radius 1 is 0.972 bits per heavy atom. The summed E-state index contributed by atoms with van der Waals surface area (Å²) < 4.78 is 14.5. The van der Waals surface area contributed by atoms with Crippen molar-refractivity contribution in [2.45, 2.75) is 27.0 Å². The van der Waals surface area contributed by atoms with E-state index in [0.717, 1.165) is 46.9 Å². The summed E-state index contributed by atoms with van der Waals surface area (Å²) in [4.78, 5) is 17.3. The number of amides is 1. The van der Waals surface area contributed by atoms with Crippen LogP contribution in [0.4, 0.5) is 0 Å². The van der Waals surface area contributed by atoms with Crippen LogP contribution in [0.5, 0.6) is 5.75 Å². The maximum absolute atomic E-state index is 13.0. The summed E-state index contributed by atoms with van der Waals surface area (Å²) in [7, 11) is 0. The molecule has 4 aromatic rings. The number of carbonyl (C=O) groups is 1. The number of carbonyl (C=O) groups excluding carboxylic acids is 1. The van der Waals surface area contributed by atoms with E-state index < -0.39 is 0 Å². The maximum atomic E-state index is 13.0. The first kappa shape index (κ1) is 24.3. The zero-order valence-corrected chi connectivity index (χ0v) is 22.1. The highest BCUT2D eigenvalue weighted by Gasteiger charge is 2.25. The predicted molar refractivity (Wildman–Crippen MR) is 141 cm³/mol. The molecule has 7 nitrogen and oxygen atoms in total. The monoisotopic (exact) mass is 548 g/mol. The molecule has 1 fully saturated rings. The molecule has 3 heterocycles. The van der Waals surface area contributed by atoms with Gasteiger partial charge in [-0.05, 0) is 66.2 Å². The van der Waals surface area contributed by atoms with Gasteiger partial charge in [-0.3, -0.25) is 9.69 Å². The third-order valence-corrected chi connectivity index (χ3v) is 7.22. The van der Waals surface area contributed by atoms with E-state index in [2.05, 4.69) is 46.8 Å². The van der Waals surface area contributed by atoms with Gasteiger partial charge in [-0.15, -0.1) is 0 Å². The zero-order chi connectivity index (χ0) is 25.1. The van der Waals surface area contributed by atoms with Crippen molar-refractivity contribution in [2.24, 2.45) is 0 Å². The Morgan fingerprint density at radius 2 is 1.69 bits per heavy atom. The Balaban J connectivity index is 1.16. The van der Waals surface area contributed by atoms with Crippen molar-refractivity contribution in [2.75, 3.05) is 26.2 Å². The molecule has 1 aliphatic rings. The number of benzene rings is 2. The first-order valence-electron chi connectivity index (χ1n) is 12.1. The standard InChI is InChI=1S/C28H29BrN4O3/c1-20-24(21(2)33(30-20)22-8-4-3-5-9-22)18-31-14-16-32(17-15-31)28(34)27-13-12-23(36-27)19-35-26-11-7-6-10-25(26)29/h3-13H,14-19H2,1-2H3. The average Bonchev–Trinajstić information content (AvgIpc) is 3.49. The molecule has 0 spiro atoms. The molecule has 186 valence electrons. The molecule has 2 aromatic heterocycles. The number of rotatable bonds is 7. The van der Waals surface area contributed by atoms with Crippen LogP contribution in [0.2, 0.25) is 0 Å². The topological polar surface area (TPSA) is 63.7 Å². The Morgan fingerprint density at radius 3 is 2.44 bits per heavy atom. The van der Waals surface area contributed by atoms with Crippen LogP contribution in [0.1, 0.15) is 33.3 Å². The van der Waals surface area contributed by atoms with Crippen LogP contribution in [0, 0.1) is 13.8 Å². The van der Waals surface area contributed by atoms with E-state index in [4.69, 9.17) is 14.3 Å². The van der Waals surface area contributed by atoms with Gasteiger partial charge in [0.05, 0.1) is 15.9 Å². The summed E-state index contributed by atoms with van der Waals surface area (Å²) in [5.74, 6) is 1.63. The van der Waals surface area contributed by atoms with Crippen LogP contribution in [0.25, 0.3) is 5.69 Å². The second-order valence-electron chi connectivity index (χ2n) is 8.95. The van der Waals surface area contributed by atoms with E-state index >= 15 is 0 Å². The van der Waals surface area contributed by atoms with Gasteiger partial charge in [0.2, 0.25) is 0 Å². The summed E-state index contributed by atoms with van der Waals surface area (Å²) >= 11 is 3.47. The number of furan rings is 1. The SMILES string of the molecule is Cc1nn(-c2ccccc2)c(C)c1CN1CCN(C(=O)c2ccc(COc3ccccc3Br)o2)CC1. The summed E-state index contributed by atoms with van der Waals surface area (Å²) in [6.07, 6.45) is 0. The number of aryl methyl sites for hydroxylation is 1. The highest BCUT2D eigenvalue weighted by Crippen LogP contribution is 2.25. The smallest absolute Gasteiger partial charge is 0.289 e. The highest BCUT2D eigenvalue weighted by atomic mass is 79.9. The summed E-state index contributed by atoms with van der Waals surface area (Å²) in [5, 5.41) is 4.77. The minimum absolute atomic E-state index is 0.0777. The lowest BCUT2D eigenvalue weighted by Crippen LogP contribution is -2.48. The molecule has 5 rings (SSSR count). The van der Waals surface area contributed by atoms with Crippen molar-refractivity contribution in [3.8, 4) is 11.4 Å². The second kappa shape index (κ2) is 10.7. The quantitative estimate of drug-likeness (QED) is 0.310. The molecule has 0 unspecified atom stereocenters. The van der Waals surface area contributed by atoms with Gasteiger partial charge in [0.1, 0.15) is 18.1 Å². The van der Waals surface area contributed by atoms with Gasteiger partial charge in [-0.2, -0.15) is 5.10 Å². The number of hydrogen-bond donors (Lipinski definition) is 0. The van der Waals surface area contributed by atoms with Gasteiger partial charge < -0.3 is 14.1 Å². The van der Waals surface area contributed by atoms with Gasteiger partial charge in [0.15, 0.2) is 5.76 Å². The van der Waals surface area contributed by atoms with E-state index in [1.807, 2.05) is 52.0 Å². The van der Waals surface area contributed by atoms with Gasteiger partial charge in [-0.1, -0.05) is 30.3 Å². The first-order valence-corrected chi connectivity index (χ1v) is 12.9. The normalized spacial score (nSPS) is 14.2. The average molecular weight is 549 g/mol. The van der Waals surface area contributed by atoms with Crippen LogP contribution in [-0.4, -0.2) is 51.7 Å². The second-order valence-corrected chi connectivity index (χ2v) is 9.80. The van der Waals surface area contributed by atoms with Crippen molar-refractivity contribution in [1.82, 2.24) is 19.6 Å². The molecule has 8 heteroatoms. The predicted octanol–water partition coefficient (Wildman–Crippen LogP) is 5.38. The van der Waals surface area contributed by atoms with E-state index in [1.165, 1.54) is 5.56 Å². The molecule has 0 atom stereocenters. The first-order chi connectivity index (χ1) is 17.5. The van der Waals surface area contributed by atoms with E-state index in [-0.39, 0.29) is 12.5 Å². The molecule has 0 aliphatic carbocycles. The van der Waals surface area contributed by atoms with E-state index in [0.29, 0.717) is 24.6 Å². The molecule has 1 aliphatic heterocycles. The Labute approximate surface area is 219 Å². The fraction of sp³-hybridized carbons (Fsp3) is 0.286. The number of ether oxygens (including phenoxy) is 1. The fourth-order valence-corrected chi connectivity index (χ4v) is 4.89. The van der Waals surface area contributed by atoms with E-state index in [9.17, 15) is 4.79 Å². The Kier molecular flexibility index (Phi) is 7.25. The molecular weight excluding hydrogens is 520 g/mol. The van der Waals surface area contributed by atoms with E-state index in [1.54, 1.807) is 12.1 Å². The minimum atomic E-state index is -0.0777.